The minimum Gasteiger partial charge on any atom is -0.497 e. The van der Waals surface area contributed by atoms with E-state index in [9.17, 15) is 4.79 Å². The number of benzene rings is 1. The van der Waals surface area contributed by atoms with Crippen LogP contribution in [-0.4, -0.2) is 19.1 Å². The smallest absolute Gasteiger partial charge is 0.348 e. The standard InChI is InChI=1S/C9H12N4O2/c1-15-7-4-2-6(3-5-7)12-9(14)13-8(10)11/h2-5H,1H3,(H5,10,11,12,13,14). The van der Waals surface area contributed by atoms with E-state index in [1.54, 1.807) is 31.4 Å². The summed E-state index contributed by atoms with van der Waals surface area (Å²) in [6.45, 7) is 0. The number of ether oxygens (including phenoxy) is 1. The summed E-state index contributed by atoms with van der Waals surface area (Å²) in [5, 5.41) is 2.48. The van der Waals surface area contributed by atoms with E-state index in [-0.39, 0.29) is 5.96 Å². The van der Waals surface area contributed by atoms with E-state index in [0.29, 0.717) is 11.4 Å². The maximum atomic E-state index is 11.1. The van der Waals surface area contributed by atoms with Gasteiger partial charge in [-0.05, 0) is 24.3 Å². The number of carbonyl (C=O) groups excluding carboxylic acids is 1. The molecule has 0 fully saturated rings. The maximum Gasteiger partial charge on any atom is 0.348 e. The molecule has 0 saturated carbocycles. The van der Waals surface area contributed by atoms with Crippen molar-refractivity contribution in [3.63, 3.8) is 0 Å². The van der Waals surface area contributed by atoms with Gasteiger partial charge in [-0.2, -0.15) is 4.99 Å². The highest BCUT2D eigenvalue weighted by atomic mass is 16.5. The summed E-state index contributed by atoms with van der Waals surface area (Å²) in [4.78, 5) is 14.4. The Labute approximate surface area is 86.9 Å². The highest BCUT2D eigenvalue weighted by Crippen LogP contribution is 2.14. The number of hydrogen-bond donors (Lipinski definition) is 3. The molecule has 15 heavy (non-hydrogen) atoms. The molecule has 0 radical (unpaired) electrons. The van der Waals surface area contributed by atoms with Gasteiger partial charge < -0.3 is 21.5 Å². The van der Waals surface area contributed by atoms with Crippen molar-refractivity contribution in [3.05, 3.63) is 24.3 Å². The zero-order valence-corrected chi connectivity index (χ0v) is 8.23. The summed E-state index contributed by atoms with van der Waals surface area (Å²) >= 11 is 0. The minimum absolute atomic E-state index is 0.277. The van der Waals surface area contributed by atoms with Crippen LogP contribution in [0.25, 0.3) is 0 Å². The first-order chi connectivity index (χ1) is 7.11. The predicted molar refractivity (Wildman–Crippen MR) is 57.8 cm³/mol. The molecule has 2 amide bonds. The number of methoxy groups -OCH3 is 1. The molecule has 0 unspecified atom stereocenters. The number of guanidine groups is 1. The SMILES string of the molecule is COc1ccc(NC(=O)N=C(N)N)cc1. The van der Waals surface area contributed by atoms with Crippen molar-refractivity contribution in [2.45, 2.75) is 0 Å². The maximum absolute atomic E-state index is 11.1. The van der Waals surface area contributed by atoms with Gasteiger partial charge in [-0.25, -0.2) is 4.79 Å². The molecule has 80 valence electrons. The van der Waals surface area contributed by atoms with Crippen LogP contribution in [0.1, 0.15) is 0 Å². The zero-order valence-electron chi connectivity index (χ0n) is 8.23. The largest absolute Gasteiger partial charge is 0.497 e. The molecule has 6 nitrogen and oxygen atoms in total. The Morgan fingerprint density at radius 3 is 2.40 bits per heavy atom. The molecule has 0 saturated heterocycles. The van der Waals surface area contributed by atoms with Gasteiger partial charge in [0.1, 0.15) is 5.75 Å². The Hall–Kier alpha value is -2.24. The third-order valence-corrected chi connectivity index (χ3v) is 1.57. The van der Waals surface area contributed by atoms with E-state index >= 15 is 0 Å². The molecule has 0 bridgehead atoms. The number of nitrogens with two attached hydrogens (primary N) is 2. The second-order valence-corrected chi connectivity index (χ2v) is 2.70. The van der Waals surface area contributed by atoms with Gasteiger partial charge in [-0.15, -0.1) is 0 Å². The van der Waals surface area contributed by atoms with Crippen LogP contribution in [0.2, 0.25) is 0 Å². The quantitative estimate of drug-likeness (QED) is 0.486. The summed E-state index contributed by atoms with van der Waals surface area (Å²) in [6, 6.07) is 6.17. The van der Waals surface area contributed by atoms with Gasteiger partial charge in [0.15, 0.2) is 5.96 Å². The monoisotopic (exact) mass is 208 g/mol. The van der Waals surface area contributed by atoms with Crippen LogP contribution in [0.3, 0.4) is 0 Å². The van der Waals surface area contributed by atoms with Crippen LogP contribution in [0, 0.1) is 0 Å². The van der Waals surface area contributed by atoms with Gasteiger partial charge in [0.05, 0.1) is 7.11 Å². The average Bonchev–Trinajstić information content (AvgIpc) is 2.17. The van der Waals surface area contributed by atoms with Crippen molar-refractivity contribution in [1.29, 1.82) is 0 Å². The van der Waals surface area contributed by atoms with Gasteiger partial charge in [0.2, 0.25) is 0 Å². The highest BCUT2D eigenvalue weighted by molar-refractivity contribution is 5.98. The fourth-order valence-electron chi connectivity index (χ4n) is 0.943. The summed E-state index contributed by atoms with van der Waals surface area (Å²) in [5.41, 5.74) is 10.7. The summed E-state index contributed by atoms with van der Waals surface area (Å²) < 4.78 is 4.96. The second-order valence-electron chi connectivity index (χ2n) is 2.70. The first-order valence-electron chi connectivity index (χ1n) is 4.16. The fourth-order valence-corrected chi connectivity index (χ4v) is 0.943. The molecular weight excluding hydrogens is 196 g/mol. The predicted octanol–water partition coefficient (Wildman–Crippen LogP) is 0.500. The molecule has 1 aromatic carbocycles. The molecule has 0 aliphatic carbocycles. The van der Waals surface area contributed by atoms with Crippen LogP contribution >= 0.6 is 0 Å². The molecule has 5 N–H and O–H groups in total. The molecule has 1 rings (SSSR count). The lowest BCUT2D eigenvalue weighted by molar-refractivity contribution is 0.259. The lowest BCUT2D eigenvalue weighted by Gasteiger charge is -2.03. The molecule has 0 spiro atoms. The van der Waals surface area contributed by atoms with Crippen molar-refractivity contribution in [2.75, 3.05) is 12.4 Å². The van der Waals surface area contributed by atoms with Crippen molar-refractivity contribution in [3.8, 4) is 5.75 Å². The van der Waals surface area contributed by atoms with Crippen LogP contribution in [0.4, 0.5) is 10.5 Å². The van der Waals surface area contributed by atoms with Crippen molar-refractivity contribution >= 4 is 17.7 Å². The number of urea groups is 1. The first kappa shape index (κ1) is 10.8. The third kappa shape index (κ3) is 3.55. The van der Waals surface area contributed by atoms with Crippen molar-refractivity contribution in [1.82, 2.24) is 0 Å². The van der Waals surface area contributed by atoms with E-state index in [1.165, 1.54) is 0 Å². The highest BCUT2D eigenvalue weighted by Gasteiger charge is 1.99. The number of nitrogens with zero attached hydrogens (tertiary/aromatic N) is 1. The van der Waals surface area contributed by atoms with Crippen molar-refractivity contribution < 1.29 is 9.53 Å². The third-order valence-electron chi connectivity index (χ3n) is 1.57. The second kappa shape index (κ2) is 4.85. The Morgan fingerprint density at radius 1 is 1.33 bits per heavy atom. The van der Waals surface area contributed by atoms with E-state index in [1.807, 2.05) is 0 Å². The number of hydrogen-bond acceptors (Lipinski definition) is 2. The molecule has 6 heteroatoms. The van der Waals surface area contributed by atoms with E-state index in [0.717, 1.165) is 0 Å². The van der Waals surface area contributed by atoms with Gasteiger partial charge in [0.25, 0.3) is 0 Å². The van der Waals surface area contributed by atoms with Gasteiger partial charge in [-0.3, -0.25) is 0 Å². The molecule has 1 aromatic rings. The van der Waals surface area contributed by atoms with Crippen LogP contribution in [0.5, 0.6) is 5.75 Å². The number of rotatable bonds is 2. The first-order valence-corrected chi connectivity index (χ1v) is 4.16. The number of amides is 2. The molecule has 0 aliphatic heterocycles. The Bertz CT molecular complexity index is 368. The Morgan fingerprint density at radius 2 is 1.93 bits per heavy atom. The van der Waals surface area contributed by atoms with Crippen LogP contribution in [0.15, 0.2) is 29.3 Å². The number of aliphatic imine (C=N–C) groups is 1. The Balaban J connectivity index is 2.65. The molecule has 0 aromatic heterocycles. The van der Waals surface area contributed by atoms with Gasteiger partial charge >= 0.3 is 6.03 Å². The lowest BCUT2D eigenvalue weighted by atomic mass is 10.3. The van der Waals surface area contributed by atoms with Gasteiger partial charge in [-0.1, -0.05) is 0 Å². The van der Waals surface area contributed by atoms with Crippen LogP contribution in [-0.2, 0) is 0 Å². The fraction of sp³-hybridized carbons (Fsp3) is 0.111. The zero-order chi connectivity index (χ0) is 11.3. The normalized spacial score (nSPS) is 9.13. The summed E-state index contributed by atoms with van der Waals surface area (Å²) in [6.07, 6.45) is 0. The Kier molecular flexibility index (Phi) is 3.50. The number of carbonyl (C=O) groups is 1. The average molecular weight is 208 g/mol. The van der Waals surface area contributed by atoms with Crippen LogP contribution < -0.4 is 21.5 Å². The minimum atomic E-state index is -0.611. The lowest BCUT2D eigenvalue weighted by Crippen LogP contribution is -2.25. The molecule has 0 aliphatic rings. The van der Waals surface area contributed by atoms with E-state index in [4.69, 9.17) is 16.2 Å². The van der Waals surface area contributed by atoms with E-state index < -0.39 is 6.03 Å². The van der Waals surface area contributed by atoms with E-state index in [2.05, 4.69) is 10.3 Å². The van der Waals surface area contributed by atoms with Crippen molar-refractivity contribution in [2.24, 2.45) is 16.5 Å². The number of anilines is 1. The van der Waals surface area contributed by atoms with Gasteiger partial charge in [0, 0.05) is 5.69 Å². The topological polar surface area (TPSA) is 103 Å². The number of nitrogens with one attached hydrogen (secondary N) is 1. The summed E-state index contributed by atoms with van der Waals surface area (Å²) in [7, 11) is 1.56. The summed E-state index contributed by atoms with van der Waals surface area (Å²) in [5.74, 6) is 0.427. The molecule has 0 heterocycles. The molecular formula is C9H12N4O2. The molecule has 0 atom stereocenters.